The highest BCUT2D eigenvalue weighted by Gasteiger charge is 2.18. The molecular weight excluding hydrogens is 360 g/mol. The summed E-state index contributed by atoms with van der Waals surface area (Å²) in [6.07, 6.45) is 2.11. The third kappa shape index (κ3) is 4.93. The lowest BCUT2D eigenvalue weighted by Crippen LogP contribution is -2.46. The van der Waals surface area contributed by atoms with Gasteiger partial charge in [0, 0.05) is 31.9 Å². The van der Waals surface area contributed by atoms with E-state index in [2.05, 4.69) is 44.4 Å². The Bertz CT molecular complexity index is 948. The van der Waals surface area contributed by atoms with Crippen molar-refractivity contribution in [3.8, 4) is 0 Å². The number of benzene rings is 2. The van der Waals surface area contributed by atoms with Crippen molar-refractivity contribution < 1.29 is 4.79 Å². The summed E-state index contributed by atoms with van der Waals surface area (Å²) in [6.45, 7) is 5.84. The molecule has 0 aliphatic carbocycles. The summed E-state index contributed by atoms with van der Waals surface area (Å²) >= 11 is 0. The molecule has 3 aromatic rings. The monoisotopic (exact) mass is 386 g/mol. The number of aryl methyl sites for hydroxylation is 1. The lowest BCUT2D eigenvalue weighted by Gasteiger charge is -2.36. The van der Waals surface area contributed by atoms with Gasteiger partial charge in [0.25, 0.3) is 0 Å². The molecule has 0 radical (unpaired) electrons. The van der Waals surface area contributed by atoms with E-state index in [9.17, 15) is 4.79 Å². The topological polar surface area (TPSA) is 48.5 Å². The number of carbonyl (C=O) groups is 1. The molecule has 0 spiro atoms. The summed E-state index contributed by atoms with van der Waals surface area (Å²) in [5.74, 6) is 0.927. The lowest BCUT2D eigenvalue weighted by atomic mass is 10.1. The summed E-state index contributed by atoms with van der Waals surface area (Å²) < 4.78 is 0. The largest absolute Gasteiger partial charge is 0.368 e. The Morgan fingerprint density at radius 3 is 2.38 bits per heavy atom. The summed E-state index contributed by atoms with van der Waals surface area (Å²) in [7, 11) is 0. The van der Waals surface area contributed by atoms with Gasteiger partial charge in [-0.1, -0.05) is 48.0 Å². The number of nitrogens with one attached hydrogen (secondary N) is 1. The molecule has 0 bridgehead atoms. The van der Waals surface area contributed by atoms with E-state index >= 15 is 0 Å². The highest BCUT2D eigenvalue weighted by atomic mass is 16.1. The summed E-state index contributed by atoms with van der Waals surface area (Å²) in [4.78, 5) is 21.6. The zero-order valence-electron chi connectivity index (χ0n) is 16.7. The number of aromatic nitrogens is 1. The first-order valence-electron chi connectivity index (χ1n) is 10.0. The second kappa shape index (κ2) is 8.78. The van der Waals surface area contributed by atoms with Crippen LogP contribution in [0.25, 0.3) is 0 Å². The highest BCUT2D eigenvalue weighted by molar-refractivity contribution is 5.92. The van der Waals surface area contributed by atoms with Crippen molar-refractivity contribution in [1.82, 2.24) is 4.98 Å². The molecule has 1 amide bonds. The Labute approximate surface area is 172 Å². The molecule has 2 aromatic carbocycles. The predicted octanol–water partition coefficient (Wildman–Crippen LogP) is 3.90. The molecular formula is C24H26N4O. The van der Waals surface area contributed by atoms with Crippen LogP contribution in [0.1, 0.15) is 11.1 Å². The molecule has 5 nitrogen and oxygen atoms in total. The number of rotatable bonds is 5. The maximum Gasteiger partial charge on any atom is 0.228 e. The van der Waals surface area contributed by atoms with Crippen molar-refractivity contribution in [1.29, 1.82) is 0 Å². The molecule has 1 saturated heterocycles. The summed E-state index contributed by atoms with van der Waals surface area (Å²) in [5.41, 5.74) is 4.18. The molecule has 1 aliphatic rings. The minimum absolute atomic E-state index is 0.0263. The molecule has 1 fully saturated rings. The molecule has 1 aromatic heterocycles. The van der Waals surface area contributed by atoms with Gasteiger partial charge in [0.2, 0.25) is 5.91 Å². The van der Waals surface area contributed by atoms with Crippen LogP contribution in [0.15, 0.2) is 72.9 Å². The van der Waals surface area contributed by atoms with Gasteiger partial charge in [0.05, 0.1) is 18.3 Å². The number of hydrogen-bond donors (Lipinski definition) is 1. The minimum atomic E-state index is -0.0263. The summed E-state index contributed by atoms with van der Waals surface area (Å²) in [6, 6.07) is 22.5. The molecule has 4 rings (SSSR count). The second-order valence-corrected chi connectivity index (χ2v) is 7.43. The maximum atomic E-state index is 12.3. The Kier molecular flexibility index (Phi) is 5.75. The van der Waals surface area contributed by atoms with Crippen molar-refractivity contribution in [2.45, 2.75) is 13.3 Å². The second-order valence-electron chi connectivity index (χ2n) is 7.43. The molecule has 2 heterocycles. The first-order chi connectivity index (χ1) is 14.2. The zero-order valence-corrected chi connectivity index (χ0v) is 16.7. The van der Waals surface area contributed by atoms with E-state index in [0.29, 0.717) is 6.42 Å². The maximum absolute atomic E-state index is 12.3. The van der Waals surface area contributed by atoms with Crippen molar-refractivity contribution in [2.75, 3.05) is 41.3 Å². The number of nitrogens with zero attached hydrogens (tertiary/aromatic N) is 3. The predicted molar refractivity (Wildman–Crippen MR) is 119 cm³/mol. The Hall–Kier alpha value is -3.34. The van der Waals surface area contributed by atoms with Crippen LogP contribution in [0, 0.1) is 6.92 Å². The van der Waals surface area contributed by atoms with E-state index in [4.69, 9.17) is 0 Å². The van der Waals surface area contributed by atoms with Crippen LogP contribution >= 0.6 is 0 Å². The Morgan fingerprint density at radius 2 is 1.69 bits per heavy atom. The minimum Gasteiger partial charge on any atom is -0.368 e. The normalized spacial score (nSPS) is 14.0. The first-order valence-corrected chi connectivity index (χ1v) is 10.0. The van der Waals surface area contributed by atoms with Gasteiger partial charge in [-0.25, -0.2) is 4.98 Å². The number of anilines is 3. The van der Waals surface area contributed by atoms with Gasteiger partial charge in [-0.15, -0.1) is 0 Å². The van der Waals surface area contributed by atoms with Gasteiger partial charge >= 0.3 is 0 Å². The van der Waals surface area contributed by atoms with Crippen LogP contribution in [0.3, 0.4) is 0 Å². The van der Waals surface area contributed by atoms with Crippen molar-refractivity contribution in [3.63, 3.8) is 0 Å². The molecule has 148 valence electrons. The van der Waals surface area contributed by atoms with Gasteiger partial charge < -0.3 is 15.1 Å². The Morgan fingerprint density at radius 1 is 0.931 bits per heavy atom. The van der Waals surface area contributed by atoms with Crippen LogP contribution in [-0.4, -0.2) is 37.1 Å². The molecule has 1 N–H and O–H groups in total. The van der Waals surface area contributed by atoms with Crippen LogP contribution in [-0.2, 0) is 11.2 Å². The number of amides is 1. The number of para-hydroxylation sites is 1. The smallest absolute Gasteiger partial charge is 0.228 e. The average Bonchev–Trinajstić information content (AvgIpc) is 2.75. The van der Waals surface area contributed by atoms with Crippen LogP contribution in [0.2, 0.25) is 0 Å². The van der Waals surface area contributed by atoms with Crippen molar-refractivity contribution >= 4 is 23.1 Å². The number of pyridine rings is 1. The van der Waals surface area contributed by atoms with Crippen LogP contribution in [0.5, 0.6) is 0 Å². The fraction of sp³-hybridized carbons (Fsp3) is 0.250. The van der Waals surface area contributed by atoms with Gasteiger partial charge in [-0.05, 0) is 36.8 Å². The SMILES string of the molecule is Cc1cccc(CC(=O)Nc2ccc(N3CCN(c4ccccc4)CC3)nc2)c1. The number of hydrogen-bond acceptors (Lipinski definition) is 4. The quantitative estimate of drug-likeness (QED) is 0.723. The Balaban J connectivity index is 1.31. The van der Waals surface area contributed by atoms with Gasteiger partial charge in [-0.3, -0.25) is 4.79 Å². The fourth-order valence-electron chi connectivity index (χ4n) is 3.69. The van der Waals surface area contributed by atoms with E-state index in [0.717, 1.165) is 48.8 Å². The van der Waals surface area contributed by atoms with Gasteiger partial charge in [-0.2, -0.15) is 0 Å². The van der Waals surface area contributed by atoms with E-state index in [-0.39, 0.29) is 5.91 Å². The first kappa shape index (κ1) is 19.0. The van der Waals surface area contributed by atoms with E-state index in [1.165, 1.54) is 5.69 Å². The van der Waals surface area contributed by atoms with Crippen LogP contribution in [0.4, 0.5) is 17.2 Å². The number of carbonyl (C=O) groups excluding carboxylic acids is 1. The molecule has 0 unspecified atom stereocenters. The van der Waals surface area contributed by atoms with Crippen LogP contribution < -0.4 is 15.1 Å². The highest BCUT2D eigenvalue weighted by Crippen LogP contribution is 2.20. The third-order valence-corrected chi connectivity index (χ3v) is 5.20. The van der Waals surface area contributed by atoms with Crippen molar-refractivity contribution in [3.05, 3.63) is 84.1 Å². The zero-order chi connectivity index (χ0) is 20.1. The van der Waals surface area contributed by atoms with E-state index in [1.54, 1.807) is 6.20 Å². The van der Waals surface area contributed by atoms with E-state index < -0.39 is 0 Å². The van der Waals surface area contributed by atoms with Gasteiger partial charge in [0.15, 0.2) is 0 Å². The molecule has 0 saturated carbocycles. The van der Waals surface area contributed by atoms with E-state index in [1.807, 2.05) is 49.4 Å². The lowest BCUT2D eigenvalue weighted by molar-refractivity contribution is -0.115. The molecule has 0 atom stereocenters. The number of piperazine rings is 1. The average molecular weight is 386 g/mol. The molecule has 1 aliphatic heterocycles. The fourth-order valence-corrected chi connectivity index (χ4v) is 3.69. The molecule has 29 heavy (non-hydrogen) atoms. The van der Waals surface area contributed by atoms with Gasteiger partial charge in [0.1, 0.15) is 5.82 Å². The summed E-state index contributed by atoms with van der Waals surface area (Å²) in [5, 5.41) is 2.94. The van der Waals surface area contributed by atoms with Crippen molar-refractivity contribution in [2.24, 2.45) is 0 Å². The standard InChI is InChI=1S/C24H26N4O/c1-19-6-5-7-20(16-19)17-24(29)26-21-10-11-23(25-18-21)28-14-12-27(13-15-28)22-8-3-2-4-9-22/h2-11,16,18H,12-15,17H2,1H3,(H,26,29). The molecule has 5 heteroatoms. The third-order valence-electron chi connectivity index (χ3n) is 5.20.